The molecule has 0 aromatic heterocycles. The van der Waals surface area contributed by atoms with Crippen LogP contribution < -0.4 is 17.0 Å². The smallest absolute Gasteiger partial charge is 0.247 e. The normalized spacial score (nSPS) is 12.2. The lowest BCUT2D eigenvalue weighted by atomic mass is 10.2. The molecule has 5 N–H and O–H groups in total. The number of hydrogen-bond donors (Lipinski definition) is 3. The van der Waals surface area contributed by atoms with E-state index in [1.807, 2.05) is 32.0 Å². The van der Waals surface area contributed by atoms with Crippen molar-refractivity contribution in [2.24, 2.45) is 5.84 Å². The summed E-state index contributed by atoms with van der Waals surface area (Å²) in [6.07, 6.45) is 0.709. The van der Waals surface area contributed by atoms with Crippen LogP contribution in [0.15, 0.2) is 23.1 Å². The molecular weight excluding hydrogens is 222 g/mol. The van der Waals surface area contributed by atoms with Crippen molar-refractivity contribution in [1.29, 1.82) is 0 Å². The van der Waals surface area contributed by atoms with E-state index < -0.39 is 0 Å². The highest BCUT2D eigenvalue weighted by Crippen LogP contribution is 2.31. The summed E-state index contributed by atoms with van der Waals surface area (Å²) >= 11 is 1.45. The molecule has 0 heterocycles. The first-order valence-corrected chi connectivity index (χ1v) is 5.99. The van der Waals surface area contributed by atoms with E-state index in [4.69, 9.17) is 11.6 Å². The molecule has 1 atom stereocenters. The van der Waals surface area contributed by atoms with E-state index in [0.29, 0.717) is 12.1 Å². The molecule has 0 aliphatic rings. The third kappa shape index (κ3) is 3.15. The fourth-order valence-corrected chi connectivity index (χ4v) is 2.42. The predicted octanol–water partition coefficient (Wildman–Crippen LogP) is 1.44. The van der Waals surface area contributed by atoms with E-state index >= 15 is 0 Å². The molecule has 16 heavy (non-hydrogen) atoms. The number of thioether (sulfide) groups is 1. The second kappa shape index (κ2) is 5.77. The summed E-state index contributed by atoms with van der Waals surface area (Å²) in [4.78, 5) is 12.4. The van der Waals surface area contributed by atoms with Gasteiger partial charge >= 0.3 is 0 Å². The Kier molecular flexibility index (Phi) is 4.64. The molecule has 0 saturated heterocycles. The Bertz CT molecular complexity index is 381. The summed E-state index contributed by atoms with van der Waals surface area (Å²) in [5.41, 5.74) is 9.84. The van der Waals surface area contributed by atoms with Gasteiger partial charge in [-0.1, -0.05) is 13.0 Å². The number of hydrazine groups is 1. The largest absolute Gasteiger partial charge is 0.398 e. The van der Waals surface area contributed by atoms with Gasteiger partial charge in [0.2, 0.25) is 5.91 Å². The first-order valence-electron chi connectivity index (χ1n) is 5.11. The van der Waals surface area contributed by atoms with Gasteiger partial charge in [0, 0.05) is 10.6 Å². The van der Waals surface area contributed by atoms with Crippen LogP contribution in [0.2, 0.25) is 0 Å². The fourth-order valence-electron chi connectivity index (χ4n) is 1.31. The average molecular weight is 239 g/mol. The van der Waals surface area contributed by atoms with Crippen LogP contribution >= 0.6 is 11.8 Å². The first-order chi connectivity index (χ1) is 7.58. The highest BCUT2D eigenvalue weighted by Gasteiger charge is 2.17. The Morgan fingerprint density at radius 1 is 1.56 bits per heavy atom. The topological polar surface area (TPSA) is 81.1 Å². The molecule has 0 aliphatic heterocycles. The molecule has 1 aromatic rings. The van der Waals surface area contributed by atoms with E-state index in [9.17, 15) is 4.79 Å². The van der Waals surface area contributed by atoms with Gasteiger partial charge in [0.15, 0.2) is 0 Å². The minimum Gasteiger partial charge on any atom is -0.398 e. The number of nitrogens with two attached hydrogens (primary N) is 2. The number of carbonyl (C=O) groups excluding carboxylic acids is 1. The molecule has 4 nitrogen and oxygen atoms in total. The number of hydrogen-bond acceptors (Lipinski definition) is 4. The van der Waals surface area contributed by atoms with Crippen molar-refractivity contribution in [1.82, 2.24) is 5.43 Å². The quantitative estimate of drug-likeness (QED) is 0.244. The lowest BCUT2D eigenvalue weighted by Gasteiger charge is -2.14. The molecule has 0 bridgehead atoms. The summed E-state index contributed by atoms with van der Waals surface area (Å²) in [6, 6.07) is 5.78. The maximum atomic E-state index is 11.4. The zero-order chi connectivity index (χ0) is 12.1. The Labute approximate surface area is 99.7 Å². The Hall–Kier alpha value is -1.20. The highest BCUT2D eigenvalue weighted by atomic mass is 32.2. The van der Waals surface area contributed by atoms with Crippen molar-refractivity contribution in [3.63, 3.8) is 0 Å². The summed E-state index contributed by atoms with van der Waals surface area (Å²) in [5, 5.41) is -0.200. The van der Waals surface area contributed by atoms with Crippen molar-refractivity contribution < 1.29 is 4.79 Å². The van der Waals surface area contributed by atoms with E-state index in [0.717, 1.165) is 10.5 Å². The Morgan fingerprint density at radius 3 is 2.81 bits per heavy atom. The van der Waals surface area contributed by atoms with Gasteiger partial charge in [-0.25, -0.2) is 5.84 Å². The van der Waals surface area contributed by atoms with Crippen molar-refractivity contribution >= 4 is 23.4 Å². The number of nitrogens with one attached hydrogen (secondary N) is 1. The van der Waals surface area contributed by atoms with Crippen molar-refractivity contribution in [2.75, 3.05) is 5.73 Å². The molecule has 1 amide bonds. The van der Waals surface area contributed by atoms with Crippen LogP contribution in [0.3, 0.4) is 0 Å². The van der Waals surface area contributed by atoms with Gasteiger partial charge in [0.05, 0.1) is 5.25 Å². The highest BCUT2D eigenvalue weighted by molar-refractivity contribution is 8.00. The van der Waals surface area contributed by atoms with Gasteiger partial charge in [0.25, 0.3) is 0 Å². The Morgan fingerprint density at radius 2 is 2.25 bits per heavy atom. The Balaban J connectivity index is 2.85. The van der Waals surface area contributed by atoms with Gasteiger partial charge in [-0.15, -0.1) is 11.8 Å². The van der Waals surface area contributed by atoms with Gasteiger partial charge in [0.1, 0.15) is 0 Å². The zero-order valence-electron chi connectivity index (χ0n) is 9.49. The van der Waals surface area contributed by atoms with Crippen LogP contribution in [0.5, 0.6) is 0 Å². The van der Waals surface area contributed by atoms with E-state index in [1.165, 1.54) is 11.8 Å². The molecule has 88 valence electrons. The van der Waals surface area contributed by atoms with Crippen molar-refractivity contribution in [3.05, 3.63) is 23.8 Å². The van der Waals surface area contributed by atoms with Crippen LogP contribution in [0, 0.1) is 6.92 Å². The summed E-state index contributed by atoms with van der Waals surface area (Å²) in [6.45, 7) is 3.94. The van der Waals surface area contributed by atoms with Crippen LogP contribution in [0.1, 0.15) is 18.9 Å². The number of nitrogen functional groups attached to an aromatic ring is 1. The van der Waals surface area contributed by atoms with Crippen LogP contribution in [-0.4, -0.2) is 11.2 Å². The molecule has 1 aromatic carbocycles. The number of amides is 1. The fraction of sp³-hybridized carbons (Fsp3) is 0.364. The SMILES string of the molecule is CCC(Sc1cc(C)ccc1N)C(=O)NN. The number of aryl methyl sites for hydroxylation is 1. The third-order valence-corrected chi connectivity index (χ3v) is 3.68. The first kappa shape index (κ1) is 12.9. The average Bonchev–Trinajstić information content (AvgIpc) is 2.29. The molecule has 0 aliphatic carbocycles. The van der Waals surface area contributed by atoms with Gasteiger partial charge in [-0.3, -0.25) is 10.2 Å². The van der Waals surface area contributed by atoms with Crippen molar-refractivity contribution in [3.8, 4) is 0 Å². The maximum Gasteiger partial charge on any atom is 0.247 e. The lowest BCUT2D eigenvalue weighted by Crippen LogP contribution is -2.37. The standard InChI is InChI=1S/C11H17N3OS/c1-3-9(11(15)14-13)16-10-6-7(2)4-5-8(10)12/h4-6,9H,3,12-13H2,1-2H3,(H,14,15). The molecule has 0 spiro atoms. The molecule has 0 saturated carbocycles. The zero-order valence-corrected chi connectivity index (χ0v) is 10.3. The molecule has 5 heteroatoms. The van der Waals surface area contributed by atoms with E-state index in [2.05, 4.69) is 5.43 Å². The molecule has 0 fully saturated rings. The molecule has 1 unspecified atom stereocenters. The molecule has 1 rings (SSSR count). The van der Waals surface area contributed by atoms with E-state index in [-0.39, 0.29) is 11.2 Å². The minimum atomic E-state index is -0.200. The van der Waals surface area contributed by atoms with Gasteiger partial charge < -0.3 is 5.73 Å². The van der Waals surface area contributed by atoms with Crippen LogP contribution in [0.4, 0.5) is 5.69 Å². The predicted molar refractivity (Wildman–Crippen MR) is 67.9 cm³/mol. The maximum absolute atomic E-state index is 11.4. The number of carbonyl (C=O) groups is 1. The molecule has 0 radical (unpaired) electrons. The minimum absolute atomic E-state index is 0.173. The van der Waals surface area contributed by atoms with Crippen LogP contribution in [0.25, 0.3) is 0 Å². The number of rotatable bonds is 4. The van der Waals surface area contributed by atoms with E-state index in [1.54, 1.807) is 0 Å². The van der Waals surface area contributed by atoms with Crippen molar-refractivity contribution in [2.45, 2.75) is 30.4 Å². The number of benzene rings is 1. The van der Waals surface area contributed by atoms with Crippen LogP contribution in [-0.2, 0) is 4.79 Å². The molecular formula is C11H17N3OS. The third-order valence-electron chi connectivity index (χ3n) is 2.24. The second-order valence-corrected chi connectivity index (χ2v) is 4.81. The van der Waals surface area contributed by atoms with Gasteiger partial charge in [-0.05, 0) is 31.0 Å². The summed E-state index contributed by atoms with van der Waals surface area (Å²) in [7, 11) is 0. The lowest BCUT2D eigenvalue weighted by molar-refractivity contribution is -0.120. The number of anilines is 1. The van der Waals surface area contributed by atoms with Gasteiger partial charge in [-0.2, -0.15) is 0 Å². The summed E-state index contributed by atoms with van der Waals surface area (Å²) < 4.78 is 0. The summed E-state index contributed by atoms with van der Waals surface area (Å²) in [5.74, 6) is 4.95. The monoisotopic (exact) mass is 239 g/mol. The second-order valence-electron chi connectivity index (χ2n) is 3.56.